The zero-order valence-corrected chi connectivity index (χ0v) is 20.2. The van der Waals surface area contributed by atoms with Crippen LogP contribution in [0.3, 0.4) is 0 Å². The van der Waals surface area contributed by atoms with Crippen molar-refractivity contribution in [2.24, 2.45) is 5.92 Å². The molecule has 1 heterocycles. The number of nitrogens with one attached hydrogen (secondary N) is 1. The van der Waals surface area contributed by atoms with E-state index in [1.54, 1.807) is 36.9 Å². The van der Waals surface area contributed by atoms with Gasteiger partial charge in [-0.25, -0.2) is 8.42 Å². The van der Waals surface area contributed by atoms with Crippen molar-refractivity contribution in [3.05, 3.63) is 28.8 Å². The van der Waals surface area contributed by atoms with Crippen molar-refractivity contribution in [2.45, 2.75) is 44.5 Å². The van der Waals surface area contributed by atoms with E-state index in [1.165, 1.54) is 11.3 Å². The number of carbonyl (C=O) groups excluding carboxylic acids is 1. The third-order valence-corrected chi connectivity index (χ3v) is 7.90. The Morgan fingerprint density at radius 2 is 2.03 bits per heavy atom. The first-order valence-corrected chi connectivity index (χ1v) is 13.1. The summed E-state index contributed by atoms with van der Waals surface area (Å²) in [6.07, 6.45) is 1.35. The highest BCUT2D eigenvalue weighted by atomic mass is 35.5. The van der Waals surface area contributed by atoms with Crippen molar-refractivity contribution in [3.8, 4) is 0 Å². The Morgan fingerprint density at radius 3 is 2.59 bits per heavy atom. The topological polar surface area (TPSA) is 92.3 Å². The van der Waals surface area contributed by atoms with Gasteiger partial charge in [0.05, 0.1) is 11.9 Å². The Kier molecular flexibility index (Phi) is 8.33. The Morgan fingerprint density at radius 1 is 1.34 bits per heavy atom. The molecule has 0 saturated carbocycles. The highest BCUT2D eigenvalue weighted by Gasteiger charge is 2.32. The molecule has 29 heavy (non-hydrogen) atoms. The number of amides is 1. The first kappa shape index (κ1) is 23.9. The van der Waals surface area contributed by atoms with E-state index < -0.39 is 22.0 Å². The molecule has 0 spiro atoms. The number of halogens is 1. The van der Waals surface area contributed by atoms with Gasteiger partial charge in [-0.1, -0.05) is 61.5 Å². The fourth-order valence-corrected chi connectivity index (χ4v) is 5.63. The molecular weight excluding hydrogens is 452 g/mol. The number of anilines is 2. The van der Waals surface area contributed by atoms with Gasteiger partial charge in [-0.2, -0.15) is 0 Å². The van der Waals surface area contributed by atoms with Crippen LogP contribution in [0.25, 0.3) is 0 Å². The fraction of sp³-hybridized carbons (Fsp3) is 0.500. The minimum atomic E-state index is -3.73. The van der Waals surface area contributed by atoms with Crippen LogP contribution in [0, 0.1) is 12.8 Å². The lowest BCUT2D eigenvalue weighted by atomic mass is 10.1. The van der Waals surface area contributed by atoms with Gasteiger partial charge in [-0.15, -0.1) is 10.2 Å². The lowest BCUT2D eigenvalue weighted by Crippen LogP contribution is -2.47. The highest BCUT2D eigenvalue weighted by Crippen LogP contribution is 2.30. The number of thioether (sulfide) groups is 1. The lowest BCUT2D eigenvalue weighted by Gasteiger charge is -2.30. The number of aryl methyl sites for hydroxylation is 1. The summed E-state index contributed by atoms with van der Waals surface area (Å²) < 4.78 is 26.9. The molecule has 0 aliphatic heterocycles. The number of hydrogen-bond acceptors (Lipinski definition) is 7. The molecule has 7 nitrogen and oxygen atoms in total. The molecule has 0 aliphatic rings. The van der Waals surface area contributed by atoms with Gasteiger partial charge < -0.3 is 0 Å². The third-order valence-electron chi connectivity index (χ3n) is 3.92. The zero-order valence-electron chi connectivity index (χ0n) is 17.0. The zero-order chi connectivity index (χ0) is 21.8. The predicted molar refractivity (Wildman–Crippen MR) is 122 cm³/mol. The number of nitrogens with zero attached hydrogens (tertiary/aromatic N) is 3. The van der Waals surface area contributed by atoms with Crippen LogP contribution in [-0.2, 0) is 14.8 Å². The van der Waals surface area contributed by atoms with Crippen molar-refractivity contribution in [1.82, 2.24) is 10.2 Å². The number of carbonyl (C=O) groups is 1. The minimum Gasteiger partial charge on any atom is -0.299 e. The van der Waals surface area contributed by atoms with Crippen LogP contribution in [0.5, 0.6) is 0 Å². The summed E-state index contributed by atoms with van der Waals surface area (Å²) in [6.45, 7) is 7.80. The van der Waals surface area contributed by atoms with Gasteiger partial charge in [0, 0.05) is 10.8 Å². The van der Waals surface area contributed by atoms with Gasteiger partial charge in [-0.3, -0.25) is 14.4 Å². The quantitative estimate of drug-likeness (QED) is 0.425. The number of rotatable bonds is 9. The summed E-state index contributed by atoms with van der Waals surface area (Å²) >= 11 is 9.02. The van der Waals surface area contributed by atoms with Crippen molar-refractivity contribution in [1.29, 1.82) is 0 Å². The summed E-state index contributed by atoms with van der Waals surface area (Å²) in [5, 5.41) is 11.5. The van der Waals surface area contributed by atoms with E-state index in [4.69, 9.17) is 11.6 Å². The molecule has 0 radical (unpaired) electrons. The summed E-state index contributed by atoms with van der Waals surface area (Å²) in [5.74, 6) is 0.943. The number of aromatic nitrogens is 2. The molecule has 0 unspecified atom stereocenters. The molecule has 1 aromatic heterocycles. The molecule has 0 fully saturated rings. The molecule has 2 aromatic rings. The largest absolute Gasteiger partial charge is 0.299 e. The van der Waals surface area contributed by atoms with Gasteiger partial charge in [0.15, 0.2) is 4.34 Å². The van der Waals surface area contributed by atoms with Crippen molar-refractivity contribution < 1.29 is 13.2 Å². The maximum absolute atomic E-state index is 12.9. The number of sulfonamides is 1. The molecular formula is C18H25ClN4O3S3. The van der Waals surface area contributed by atoms with E-state index in [0.29, 0.717) is 21.8 Å². The van der Waals surface area contributed by atoms with Crippen LogP contribution in [0.4, 0.5) is 10.8 Å². The molecule has 0 saturated heterocycles. The van der Waals surface area contributed by atoms with E-state index in [2.05, 4.69) is 29.4 Å². The van der Waals surface area contributed by atoms with Crippen LogP contribution in [0.2, 0.25) is 5.02 Å². The molecule has 1 atom stereocenters. The minimum absolute atomic E-state index is 0.276. The molecule has 1 amide bonds. The van der Waals surface area contributed by atoms with Gasteiger partial charge in [0.1, 0.15) is 6.04 Å². The van der Waals surface area contributed by atoms with E-state index in [-0.39, 0.29) is 6.42 Å². The summed E-state index contributed by atoms with van der Waals surface area (Å²) in [7, 11) is -3.73. The van der Waals surface area contributed by atoms with Crippen molar-refractivity contribution in [2.75, 3.05) is 21.6 Å². The van der Waals surface area contributed by atoms with Gasteiger partial charge in [0.25, 0.3) is 0 Å². The second-order valence-corrected chi connectivity index (χ2v) is 11.5. The van der Waals surface area contributed by atoms with Gasteiger partial charge in [-0.05, 0) is 37.0 Å². The second-order valence-electron chi connectivity index (χ2n) is 6.98. The van der Waals surface area contributed by atoms with Gasteiger partial charge >= 0.3 is 0 Å². The Bertz CT molecular complexity index is 963. The van der Waals surface area contributed by atoms with Crippen molar-refractivity contribution in [3.63, 3.8) is 0 Å². The van der Waals surface area contributed by atoms with Crippen LogP contribution in [0.15, 0.2) is 22.5 Å². The summed E-state index contributed by atoms with van der Waals surface area (Å²) in [4.78, 5) is 12.9. The van der Waals surface area contributed by atoms with E-state index in [9.17, 15) is 13.2 Å². The SMILES string of the molecule is CC[C@@H](C(=O)Nc1nnc(SCC(C)C)s1)N(c1ccc(C)c(Cl)c1)S(C)(=O)=O. The Balaban J connectivity index is 2.25. The molecule has 11 heteroatoms. The van der Waals surface area contributed by atoms with E-state index in [0.717, 1.165) is 26.2 Å². The number of benzene rings is 1. The molecule has 2 rings (SSSR count). The highest BCUT2D eigenvalue weighted by molar-refractivity contribution is 8.01. The van der Waals surface area contributed by atoms with Crippen LogP contribution in [-0.4, -0.2) is 42.6 Å². The fourth-order valence-electron chi connectivity index (χ4n) is 2.52. The Labute approximate surface area is 185 Å². The lowest BCUT2D eigenvalue weighted by molar-refractivity contribution is -0.117. The smallest absolute Gasteiger partial charge is 0.250 e. The monoisotopic (exact) mass is 476 g/mol. The first-order chi connectivity index (χ1) is 13.5. The van der Waals surface area contributed by atoms with E-state index in [1.807, 2.05) is 6.92 Å². The first-order valence-electron chi connectivity index (χ1n) is 9.05. The maximum atomic E-state index is 12.9. The maximum Gasteiger partial charge on any atom is 0.250 e. The van der Waals surface area contributed by atoms with Gasteiger partial charge in [0.2, 0.25) is 21.1 Å². The van der Waals surface area contributed by atoms with E-state index >= 15 is 0 Å². The average molecular weight is 477 g/mol. The molecule has 0 aliphatic carbocycles. The van der Waals surface area contributed by atoms with Crippen LogP contribution >= 0.6 is 34.7 Å². The van der Waals surface area contributed by atoms with Crippen LogP contribution < -0.4 is 9.62 Å². The third kappa shape index (κ3) is 6.56. The Hall–Kier alpha value is -1.36. The summed E-state index contributed by atoms with van der Waals surface area (Å²) in [6, 6.07) is 3.98. The van der Waals surface area contributed by atoms with Crippen molar-refractivity contribution >= 4 is 61.4 Å². The predicted octanol–water partition coefficient (Wildman–Crippen LogP) is 4.43. The normalized spacial score (nSPS) is 12.8. The average Bonchev–Trinajstić information content (AvgIpc) is 3.06. The number of hydrogen-bond donors (Lipinski definition) is 1. The molecule has 1 N–H and O–H groups in total. The molecule has 1 aromatic carbocycles. The second kappa shape index (κ2) is 10.1. The van der Waals surface area contributed by atoms with Crippen LogP contribution in [0.1, 0.15) is 32.8 Å². The molecule has 0 bridgehead atoms. The summed E-state index contributed by atoms with van der Waals surface area (Å²) in [5.41, 5.74) is 1.16. The standard InChI is InChI=1S/C18H25ClN4O3S3/c1-6-15(16(24)20-17-21-22-18(28-17)27-10-11(2)3)23(29(5,25)26)13-8-7-12(4)14(19)9-13/h7-9,11,15H,6,10H2,1-5H3,(H,20,21,24)/t15-/m0/s1. The molecule has 160 valence electrons.